The molecular formula is C21H26FNO2S. The van der Waals surface area contributed by atoms with E-state index in [-0.39, 0.29) is 11.7 Å². The molecular weight excluding hydrogens is 349 g/mol. The molecule has 0 bridgehead atoms. The molecule has 1 N–H and O–H groups in total. The van der Waals surface area contributed by atoms with Crippen LogP contribution in [0.15, 0.2) is 42.5 Å². The monoisotopic (exact) mass is 375 g/mol. The first kappa shape index (κ1) is 20.3. The van der Waals surface area contributed by atoms with Crippen LogP contribution in [0.25, 0.3) is 0 Å². The summed E-state index contributed by atoms with van der Waals surface area (Å²) in [6, 6.07) is 12.6. The third-order valence-electron chi connectivity index (χ3n) is 4.25. The van der Waals surface area contributed by atoms with Crippen molar-refractivity contribution in [1.82, 2.24) is 5.32 Å². The zero-order valence-corrected chi connectivity index (χ0v) is 16.4. The molecule has 1 unspecified atom stereocenters. The largest absolute Gasteiger partial charge is 0.480 e. The van der Waals surface area contributed by atoms with Gasteiger partial charge in [-0.1, -0.05) is 37.3 Å². The van der Waals surface area contributed by atoms with Gasteiger partial charge in [0.05, 0.1) is 0 Å². The first-order valence-electron chi connectivity index (χ1n) is 8.84. The van der Waals surface area contributed by atoms with Crippen LogP contribution in [0.4, 0.5) is 4.39 Å². The van der Waals surface area contributed by atoms with Crippen LogP contribution in [0.1, 0.15) is 30.0 Å². The summed E-state index contributed by atoms with van der Waals surface area (Å²) >= 11 is 1.59. The van der Waals surface area contributed by atoms with Crippen molar-refractivity contribution in [3.05, 3.63) is 65.0 Å². The number of halogens is 1. The first-order valence-corrected chi connectivity index (χ1v) is 10.00. The predicted molar refractivity (Wildman–Crippen MR) is 106 cm³/mol. The van der Waals surface area contributed by atoms with Gasteiger partial charge in [0.15, 0.2) is 6.10 Å². The van der Waals surface area contributed by atoms with Gasteiger partial charge in [-0.15, -0.1) is 0 Å². The summed E-state index contributed by atoms with van der Waals surface area (Å²) in [5.74, 6) is 1.77. The Bertz CT molecular complexity index is 736. The van der Waals surface area contributed by atoms with E-state index in [0.29, 0.717) is 24.3 Å². The number of carbonyl (C=O) groups excluding carboxylic acids is 1. The van der Waals surface area contributed by atoms with Crippen molar-refractivity contribution >= 4 is 17.7 Å². The molecule has 1 atom stereocenters. The maximum atomic E-state index is 13.5. The molecule has 140 valence electrons. The molecule has 0 saturated carbocycles. The fourth-order valence-electron chi connectivity index (χ4n) is 2.49. The van der Waals surface area contributed by atoms with Crippen molar-refractivity contribution in [3.63, 3.8) is 0 Å². The fraction of sp³-hybridized carbons (Fsp3) is 0.381. The van der Waals surface area contributed by atoms with Gasteiger partial charge in [-0.2, -0.15) is 11.8 Å². The van der Waals surface area contributed by atoms with Gasteiger partial charge in [0, 0.05) is 18.1 Å². The second kappa shape index (κ2) is 10.2. The molecule has 0 fully saturated rings. The number of ether oxygens (including phenoxy) is 1. The first-order chi connectivity index (χ1) is 12.5. The van der Waals surface area contributed by atoms with Crippen molar-refractivity contribution in [1.29, 1.82) is 0 Å². The Morgan fingerprint density at radius 1 is 1.19 bits per heavy atom. The Hall–Kier alpha value is -2.01. The smallest absolute Gasteiger partial charge is 0.261 e. The molecule has 0 radical (unpaired) electrons. The van der Waals surface area contributed by atoms with Crippen LogP contribution < -0.4 is 10.1 Å². The number of thioether (sulfide) groups is 1. The Kier molecular flexibility index (Phi) is 7.98. The SMILES string of the molecule is CCC(Oc1cccc(C)c1C)C(=O)NCCSCc1ccccc1F. The number of nitrogens with one attached hydrogen (secondary N) is 1. The molecule has 2 aromatic rings. The highest BCUT2D eigenvalue weighted by molar-refractivity contribution is 7.98. The lowest BCUT2D eigenvalue weighted by atomic mass is 10.1. The van der Waals surface area contributed by atoms with Gasteiger partial charge in [-0.25, -0.2) is 4.39 Å². The third kappa shape index (κ3) is 5.77. The number of carbonyl (C=O) groups is 1. The van der Waals surface area contributed by atoms with E-state index in [2.05, 4.69) is 5.32 Å². The molecule has 1 amide bonds. The van der Waals surface area contributed by atoms with Gasteiger partial charge in [-0.3, -0.25) is 4.79 Å². The van der Waals surface area contributed by atoms with Gasteiger partial charge in [0.2, 0.25) is 0 Å². The van der Waals surface area contributed by atoms with Crippen LogP contribution in [0.2, 0.25) is 0 Å². The summed E-state index contributed by atoms with van der Waals surface area (Å²) in [4.78, 5) is 12.4. The van der Waals surface area contributed by atoms with Gasteiger partial charge in [0.1, 0.15) is 11.6 Å². The van der Waals surface area contributed by atoms with Crippen LogP contribution in [-0.2, 0) is 10.5 Å². The molecule has 3 nitrogen and oxygen atoms in total. The maximum Gasteiger partial charge on any atom is 0.261 e. The van der Waals surface area contributed by atoms with Crippen molar-refractivity contribution in [2.45, 2.75) is 39.0 Å². The van der Waals surface area contributed by atoms with Gasteiger partial charge >= 0.3 is 0 Å². The Morgan fingerprint density at radius 3 is 2.69 bits per heavy atom. The summed E-state index contributed by atoms with van der Waals surface area (Å²) in [5, 5.41) is 2.91. The van der Waals surface area contributed by atoms with Crippen LogP contribution in [-0.4, -0.2) is 24.3 Å². The Balaban J connectivity index is 1.76. The van der Waals surface area contributed by atoms with E-state index in [1.807, 2.05) is 45.0 Å². The average Bonchev–Trinajstić information content (AvgIpc) is 2.64. The average molecular weight is 376 g/mol. The van der Waals surface area contributed by atoms with E-state index >= 15 is 0 Å². The summed E-state index contributed by atoms with van der Waals surface area (Å²) in [6.07, 6.45) is 0.0914. The van der Waals surface area contributed by atoms with Crippen molar-refractivity contribution in [3.8, 4) is 5.75 Å². The number of aryl methyl sites for hydroxylation is 1. The van der Waals surface area contributed by atoms with E-state index < -0.39 is 6.10 Å². The highest BCUT2D eigenvalue weighted by Gasteiger charge is 2.19. The Morgan fingerprint density at radius 2 is 1.96 bits per heavy atom. The quantitative estimate of drug-likeness (QED) is 0.649. The maximum absolute atomic E-state index is 13.5. The minimum atomic E-state index is -0.507. The van der Waals surface area contributed by atoms with E-state index in [9.17, 15) is 9.18 Å². The zero-order valence-electron chi connectivity index (χ0n) is 15.5. The third-order valence-corrected chi connectivity index (χ3v) is 5.26. The highest BCUT2D eigenvalue weighted by atomic mass is 32.2. The molecule has 26 heavy (non-hydrogen) atoms. The molecule has 0 spiro atoms. The Labute approximate surface area is 159 Å². The molecule has 0 aliphatic heterocycles. The highest BCUT2D eigenvalue weighted by Crippen LogP contribution is 2.22. The van der Waals surface area contributed by atoms with Crippen LogP contribution >= 0.6 is 11.8 Å². The van der Waals surface area contributed by atoms with Crippen LogP contribution in [0.5, 0.6) is 5.75 Å². The van der Waals surface area contributed by atoms with E-state index in [1.165, 1.54) is 6.07 Å². The lowest BCUT2D eigenvalue weighted by molar-refractivity contribution is -0.128. The number of rotatable bonds is 9. The summed E-state index contributed by atoms with van der Waals surface area (Å²) in [7, 11) is 0. The molecule has 5 heteroatoms. The van der Waals surface area contributed by atoms with E-state index in [1.54, 1.807) is 23.9 Å². The number of amides is 1. The second-order valence-electron chi connectivity index (χ2n) is 6.15. The number of benzene rings is 2. The van der Waals surface area contributed by atoms with Crippen LogP contribution in [0.3, 0.4) is 0 Å². The summed E-state index contributed by atoms with van der Waals surface area (Å²) in [5.41, 5.74) is 2.88. The molecule has 2 rings (SSSR count). The standard InChI is InChI=1S/C21H26FNO2S/c1-4-19(25-20-11-7-8-15(2)16(20)3)21(24)23-12-13-26-14-17-9-5-6-10-18(17)22/h5-11,19H,4,12-14H2,1-3H3,(H,23,24). The van der Waals surface area contributed by atoms with Crippen LogP contribution in [0, 0.1) is 19.7 Å². The zero-order chi connectivity index (χ0) is 18.9. The van der Waals surface area contributed by atoms with E-state index in [0.717, 1.165) is 22.6 Å². The van der Waals surface area contributed by atoms with E-state index in [4.69, 9.17) is 4.74 Å². The molecule has 0 heterocycles. The molecule has 0 aliphatic carbocycles. The van der Waals surface area contributed by atoms with Crippen molar-refractivity contribution in [2.75, 3.05) is 12.3 Å². The summed E-state index contributed by atoms with van der Waals surface area (Å²) < 4.78 is 19.5. The number of hydrogen-bond donors (Lipinski definition) is 1. The normalized spacial score (nSPS) is 11.8. The molecule has 2 aromatic carbocycles. The minimum absolute atomic E-state index is 0.111. The summed E-state index contributed by atoms with van der Waals surface area (Å²) in [6.45, 7) is 6.48. The van der Waals surface area contributed by atoms with Gasteiger partial charge in [0.25, 0.3) is 5.91 Å². The second-order valence-corrected chi connectivity index (χ2v) is 7.25. The van der Waals surface area contributed by atoms with Crippen molar-refractivity contribution < 1.29 is 13.9 Å². The molecule has 0 aliphatic rings. The van der Waals surface area contributed by atoms with Crippen molar-refractivity contribution in [2.24, 2.45) is 0 Å². The minimum Gasteiger partial charge on any atom is -0.480 e. The lowest BCUT2D eigenvalue weighted by Crippen LogP contribution is -2.39. The topological polar surface area (TPSA) is 38.3 Å². The molecule has 0 saturated heterocycles. The predicted octanol–water partition coefficient (Wildman–Crippen LogP) is 4.65. The lowest BCUT2D eigenvalue weighted by Gasteiger charge is -2.19. The number of hydrogen-bond acceptors (Lipinski definition) is 3. The molecule has 0 aromatic heterocycles. The fourth-order valence-corrected chi connectivity index (χ4v) is 3.33. The van der Waals surface area contributed by atoms with Gasteiger partial charge in [-0.05, 0) is 49.1 Å². The van der Waals surface area contributed by atoms with Gasteiger partial charge < -0.3 is 10.1 Å².